The summed E-state index contributed by atoms with van der Waals surface area (Å²) in [6.07, 6.45) is 37.8. The molecule has 1 unspecified atom stereocenters. The van der Waals surface area contributed by atoms with E-state index in [1.807, 2.05) is 11.9 Å². The number of hydrogen-bond donors (Lipinski definition) is 0. The molecule has 1 aliphatic rings. The van der Waals surface area contributed by atoms with Crippen molar-refractivity contribution in [1.29, 1.82) is 0 Å². The Morgan fingerprint density at radius 1 is 0.579 bits per heavy atom. The molecule has 0 aromatic heterocycles. The summed E-state index contributed by atoms with van der Waals surface area (Å²) in [5.41, 5.74) is 0. The summed E-state index contributed by atoms with van der Waals surface area (Å²) in [4.78, 5) is 40.4. The number of ether oxygens (including phenoxy) is 5. The van der Waals surface area contributed by atoms with Crippen LogP contribution in [0.2, 0.25) is 0 Å². The van der Waals surface area contributed by atoms with Crippen LogP contribution in [0.25, 0.3) is 0 Å². The second kappa shape index (κ2) is 39.2. The highest BCUT2D eigenvalue weighted by atomic mass is 16.7. The highest BCUT2D eigenvalue weighted by Gasteiger charge is 2.30. The van der Waals surface area contributed by atoms with Gasteiger partial charge in [-0.05, 0) is 77.8 Å². The van der Waals surface area contributed by atoms with E-state index in [-0.39, 0.29) is 50.2 Å². The lowest BCUT2D eigenvalue weighted by Crippen LogP contribution is -2.36. The summed E-state index contributed by atoms with van der Waals surface area (Å²) >= 11 is 0. The third-order valence-electron chi connectivity index (χ3n) is 10.7. The molecule has 9 nitrogen and oxygen atoms in total. The van der Waals surface area contributed by atoms with E-state index in [1.54, 1.807) is 0 Å². The SMILES string of the molecule is CCCCCC=CCC=CCCCCCCCC(=O)OCC(COC(=O)CCC(OCCCCCCCC)OCCCCCCCC)COC(=O)[C@H]1CCCN1C. The Balaban J connectivity index is 2.48. The van der Waals surface area contributed by atoms with Crippen molar-refractivity contribution >= 4 is 17.9 Å². The number of likely N-dealkylation sites (tertiary alicyclic amines) is 1. The monoisotopic (exact) mass is 806 g/mol. The van der Waals surface area contributed by atoms with E-state index < -0.39 is 12.2 Å². The maximum absolute atomic E-state index is 12.9. The number of carbonyl (C=O) groups is 3. The number of rotatable bonds is 40. The number of carbonyl (C=O) groups excluding carboxylic acids is 3. The first-order valence-electron chi connectivity index (χ1n) is 23.6. The summed E-state index contributed by atoms with van der Waals surface area (Å²) in [6, 6.07) is -0.265. The van der Waals surface area contributed by atoms with Gasteiger partial charge >= 0.3 is 17.9 Å². The fraction of sp³-hybridized carbons (Fsp3) is 0.854. The zero-order valence-corrected chi connectivity index (χ0v) is 37.3. The molecule has 0 bridgehead atoms. The van der Waals surface area contributed by atoms with Gasteiger partial charge in [-0.2, -0.15) is 0 Å². The number of esters is 3. The maximum atomic E-state index is 12.9. The first-order valence-corrected chi connectivity index (χ1v) is 23.6. The predicted octanol–water partition coefficient (Wildman–Crippen LogP) is 12.0. The third-order valence-corrected chi connectivity index (χ3v) is 10.7. The standard InChI is InChI=1S/C48H87NO8/c1-5-8-11-14-17-18-19-20-21-22-23-24-25-26-29-34-45(50)55-40-43(42-57-48(52)44-33-32-37-49(44)4)41-56-46(51)35-36-47(53-38-30-27-15-12-9-6-2)54-39-31-28-16-13-10-7-3/h17-18,20-21,43-44,47H,5-16,19,22-42H2,1-4H3/t43?,44-/m1/s1. The van der Waals surface area contributed by atoms with Gasteiger partial charge in [-0.1, -0.05) is 141 Å². The minimum atomic E-state index is -0.445. The molecule has 1 saturated heterocycles. The van der Waals surface area contributed by atoms with Gasteiger partial charge in [-0.15, -0.1) is 0 Å². The molecule has 0 radical (unpaired) electrons. The highest BCUT2D eigenvalue weighted by Crippen LogP contribution is 2.18. The van der Waals surface area contributed by atoms with Crippen LogP contribution in [0.4, 0.5) is 0 Å². The molecule has 1 fully saturated rings. The first kappa shape index (κ1) is 52.8. The number of likely N-dealkylation sites (N-methyl/N-ethyl adjacent to an activating group) is 1. The Bertz CT molecular complexity index is 998. The second-order valence-electron chi connectivity index (χ2n) is 16.2. The van der Waals surface area contributed by atoms with Crippen LogP contribution < -0.4 is 0 Å². The Hall–Kier alpha value is -2.23. The van der Waals surface area contributed by atoms with E-state index in [0.717, 1.165) is 90.0 Å². The zero-order valence-electron chi connectivity index (χ0n) is 37.3. The number of hydrogen-bond acceptors (Lipinski definition) is 9. The van der Waals surface area contributed by atoms with E-state index >= 15 is 0 Å². The molecule has 1 heterocycles. The van der Waals surface area contributed by atoms with Crippen molar-refractivity contribution in [2.24, 2.45) is 5.92 Å². The Morgan fingerprint density at radius 3 is 1.61 bits per heavy atom. The van der Waals surface area contributed by atoms with Crippen molar-refractivity contribution in [2.45, 2.75) is 213 Å². The molecule has 0 amide bonds. The number of unbranched alkanes of at least 4 members (excludes halogenated alkanes) is 18. The third kappa shape index (κ3) is 32.3. The van der Waals surface area contributed by atoms with Crippen molar-refractivity contribution in [1.82, 2.24) is 4.90 Å². The fourth-order valence-corrected chi connectivity index (χ4v) is 6.94. The van der Waals surface area contributed by atoms with Gasteiger partial charge in [0.1, 0.15) is 25.9 Å². The number of nitrogens with zero attached hydrogens (tertiary/aromatic N) is 1. The van der Waals surface area contributed by atoms with Crippen LogP contribution in [0, 0.1) is 5.92 Å². The normalized spacial score (nSPS) is 15.3. The van der Waals surface area contributed by atoms with Gasteiger partial charge in [-0.3, -0.25) is 19.3 Å². The Labute approximate surface area is 349 Å². The van der Waals surface area contributed by atoms with E-state index in [2.05, 4.69) is 45.1 Å². The lowest BCUT2D eigenvalue weighted by atomic mass is 10.1. The van der Waals surface area contributed by atoms with Gasteiger partial charge in [0.2, 0.25) is 0 Å². The van der Waals surface area contributed by atoms with E-state index in [1.165, 1.54) is 77.0 Å². The molecule has 2 atom stereocenters. The lowest BCUT2D eigenvalue weighted by molar-refractivity contribution is -0.162. The molecule has 0 N–H and O–H groups in total. The van der Waals surface area contributed by atoms with Crippen LogP contribution in [0.5, 0.6) is 0 Å². The predicted molar refractivity (Wildman–Crippen MR) is 233 cm³/mol. The molecule has 0 aromatic rings. The van der Waals surface area contributed by atoms with Crippen LogP contribution in [-0.4, -0.2) is 81.8 Å². The zero-order chi connectivity index (χ0) is 41.4. The van der Waals surface area contributed by atoms with Gasteiger partial charge in [0.15, 0.2) is 6.29 Å². The minimum Gasteiger partial charge on any atom is -0.465 e. The molecule has 1 rings (SSSR count). The molecule has 9 heteroatoms. The van der Waals surface area contributed by atoms with Crippen molar-refractivity contribution in [3.05, 3.63) is 24.3 Å². The van der Waals surface area contributed by atoms with Crippen molar-refractivity contribution in [3.63, 3.8) is 0 Å². The fourth-order valence-electron chi connectivity index (χ4n) is 6.94. The molecule has 0 aliphatic carbocycles. The molecule has 332 valence electrons. The quantitative estimate of drug-likeness (QED) is 0.0197. The average molecular weight is 806 g/mol. The Morgan fingerprint density at radius 2 is 1.05 bits per heavy atom. The van der Waals surface area contributed by atoms with Gasteiger partial charge in [0.05, 0.1) is 12.3 Å². The largest absolute Gasteiger partial charge is 0.465 e. The van der Waals surface area contributed by atoms with Crippen molar-refractivity contribution < 1.29 is 38.1 Å². The molecule has 0 aromatic carbocycles. The minimum absolute atomic E-state index is 0.00545. The number of allylic oxidation sites excluding steroid dienone is 4. The summed E-state index contributed by atoms with van der Waals surface area (Å²) in [5, 5.41) is 0. The first-order chi connectivity index (χ1) is 27.9. The summed E-state index contributed by atoms with van der Waals surface area (Å²) in [5.74, 6) is -1.36. The molecule has 57 heavy (non-hydrogen) atoms. The molecular formula is C48H87NO8. The van der Waals surface area contributed by atoms with E-state index in [9.17, 15) is 14.4 Å². The maximum Gasteiger partial charge on any atom is 0.323 e. The molecule has 0 spiro atoms. The summed E-state index contributed by atoms with van der Waals surface area (Å²) < 4.78 is 29.1. The second-order valence-corrected chi connectivity index (χ2v) is 16.2. The van der Waals surface area contributed by atoms with Crippen molar-refractivity contribution in [2.75, 3.05) is 46.6 Å². The average Bonchev–Trinajstić information content (AvgIpc) is 3.65. The van der Waals surface area contributed by atoms with Gasteiger partial charge in [0.25, 0.3) is 0 Å². The van der Waals surface area contributed by atoms with E-state index in [4.69, 9.17) is 23.7 Å². The molecule has 1 aliphatic heterocycles. The highest BCUT2D eigenvalue weighted by molar-refractivity contribution is 5.76. The van der Waals surface area contributed by atoms with Gasteiger partial charge in [-0.25, -0.2) is 0 Å². The van der Waals surface area contributed by atoms with Gasteiger partial charge < -0.3 is 23.7 Å². The van der Waals surface area contributed by atoms with E-state index in [0.29, 0.717) is 26.1 Å². The Kier molecular flexibility index (Phi) is 36.3. The summed E-state index contributed by atoms with van der Waals surface area (Å²) in [6.45, 7) is 8.84. The van der Waals surface area contributed by atoms with Crippen LogP contribution in [0.1, 0.15) is 201 Å². The van der Waals surface area contributed by atoms with Crippen LogP contribution in [-0.2, 0) is 38.1 Å². The molecular weight excluding hydrogens is 719 g/mol. The summed E-state index contributed by atoms with van der Waals surface area (Å²) in [7, 11) is 1.93. The molecule has 0 saturated carbocycles. The smallest absolute Gasteiger partial charge is 0.323 e. The topological polar surface area (TPSA) is 101 Å². The lowest BCUT2D eigenvalue weighted by Gasteiger charge is -2.21. The van der Waals surface area contributed by atoms with Crippen molar-refractivity contribution in [3.8, 4) is 0 Å². The van der Waals surface area contributed by atoms with Crippen LogP contribution in [0.3, 0.4) is 0 Å². The van der Waals surface area contributed by atoms with Gasteiger partial charge in [0, 0.05) is 26.1 Å². The van der Waals surface area contributed by atoms with Crippen LogP contribution in [0.15, 0.2) is 24.3 Å². The van der Waals surface area contributed by atoms with Crippen LogP contribution >= 0.6 is 0 Å².